The molecule has 0 amide bonds. The molecule has 0 radical (unpaired) electrons. The number of fused-ring (bicyclic) bond motifs is 1. The van der Waals surface area contributed by atoms with E-state index in [-0.39, 0.29) is 17.8 Å². The van der Waals surface area contributed by atoms with Gasteiger partial charge in [0.2, 0.25) is 0 Å². The summed E-state index contributed by atoms with van der Waals surface area (Å²) in [7, 11) is 0. The summed E-state index contributed by atoms with van der Waals surface area (Å²) < 4.78 is 26.6. The quantitative estimate of drug-likeness (QED) is 0.719. The second-order valence-corrected chi connectivity index (χ2v) is 5.01. The standard InChI is InChI=1S/C17H13F2NO/c1-10-17(13-4-2-3-5-15(13)20-10)16(21)8-11-6-7-12(18)9-14(11)19/h2-7,9,20H,8H2,1H3. The van der Waals surface area contributed by atoms with E-state index in [0.29, 0.717) is 5.56 Å². The highest BCUT2D eigenvalue weighted by atomic mass is 19.1. The predicted molar refractivity (Wildman–Crippen MR) is 77.4 cm³/mol. The van der Waals surface area contributed by atoms with Crippen LogP contribution >= 0.6 is 0 Å². The number of aromatic nitrogens is 1. The summed E-state index contributed by atoms with van der Waals surface area (Å²) in [5, 5.41) is 0.822. The Bertz CT molecular complexity index is 836. The topological polar surface area (TPSA) is 32.9 Å². The van der Waals surface area contributed by atoms with Crippen LogP contribution in [0.25, 0.3) is 10.9 Å². The number of ketones is 1. The van der Waals surface area contributed by atoms with Gasteiger partial charge in [0.25, 0.3) is 0 Å². The van der Waals surface area contributed by atoms with Crippen LogP contribution in [0.4, 0.5) is 8.78 Å². The number of carbonyl (C=O) groups excluding carboxylic acids is 1. The van der Waals surface area contributed by atoms with Crippen molar-refractivity contribution in [2.24, 2.45) is 0 Å². The lowest BCUT2D eigenvalue weighted by Gasteiger charge is -2.04. The fourth-order valence-corrected chi connectivity index (χ4v) is 2.56. The first-order valence-electron chi connectivity index (χ1n) is 6.60. The number of carbonyl (C=O) groups is 1. The molecule has 0 fully saturated rings. The van der Waals surface area contributed by atoms with Crippen LogP contribution in [0.15, 0.2) is 42.5 Å². The molecule has 1 aromatic heterocycles. The lowest BCUT2D eigenvalue weighted by atomic mass is 10.00. The molecule has 2 aromatic carbocycles. The predicted octanol–water partition coefficient (Wildman–Crippen LogP) is 4.18. The van der Waals surface area contributed by atoms with E-state index in [2.05, 4.69) is 4.98 Å². The summed E-state index contributed by atoms with van der Waals surface area (Å²) in [6.07, 6.45) is -0.0885. The van der Waals surface area contributed by atoms with Crippen molar-refractivity contribution in [2.45, 2.75) is 13.3 Å². The smallest absolute Gasteiger partial charge is 0.169 e. The number of hydrogen-bond donors (Lipinski definition) is 1. The summed E-state index contributed by atoms with van der Waals surface area (Å²) in [6, 6.07) is 10.7. The number of aromatic amines is 1. The van der Waals surface area contributed by atoms with E-state index in [1.54, 1.807) is 0 Å². The highest BCUT2D eigenvalue weighted by molar-refractivity contribution is 6.09. The number of para-hydroxylation sites is 1. The summed E-state index contributed by atoms with van der Waals surface area (Å²) in [6.45, 7) is 1.81. The van der Waals surface area contributed by atoms with Gasteiger partial charge in [-0.3, -0.25) is 4.79 Å². The maximum atomic E-state index is 13.7. The van der Waals surface area contributed by atoms with Gasteiger partial charge in [0.1, 0.15) is 11.6 Å². The van der Waals surface area contributed by atoms with Gasteiger partial charge in [0, 0.05) is 34.6 Å². The van der Waals surface area contributed by atoms with Crippen molar-refractivity contribution in [1.82, 2.24) is 4.98 Å². The van der Waals surface area contributed by atoms with Crippen LogP contribution in [-0.2, 0) is 6.42 Å². The van der Waals surface area contributed by atoms with E-state index in [1.807, 2.05) is 31.2 Å². The van der Waals surface area contributed by atoms with Crippen molar-refractivity contribution in [2.75, 3.05) is 0 Å². The molecule has 21 heavy (non-hydrogen) atoms. The first kappa shape index (κ1) is 13.5. The van der Waals surface area contributed by atoms with Gasteiger partial charge in [-0.1, -0.05) is 24.3 Å². The molecule has 1 heterocycles. The summed E-state index contributed by atoms with van der Waals surface area (Å²) in [5.41, 5.74) is 2.39. The third-order valence-corrected chi connectivity index (χ3v) is 3.54. The van der Waals surface area contributed by atoms with Gasteiger partial charge >= 0.3 is 0 Å². The summed E-state index contributed by atoms with van der Waals surface area (Å²) in [4.78, 5) is 15.6. The molecule has 0 aliphatic rings. The van der Waals surface area contributed by atoms with Gasteiger partial charge in [0.15, 0.2) is 5.78 Å². The van der Waals surface area contributed by atoms with E-state index < -0.39 is 11.6 Å². The maximum absolute atomic E-state index is 13.7. The van der Waals surface area contributed by atoms with Crippen LogP contribution in [0.5, 0.6) is 0 Å². The molecule has 3 rings (SSSR count). The molecular weight excluding hydrogens is 272 g/mol. The van der Waals surface area contributed by atoms with E-state index in [1.165, 1.54) is 6.07 Å². The summed E-state index contributed by atoms with van der Waals surface area (Å²) in [5.74, 6) is -1.52. The normalized spacial score (nSPS) is 11.0. The Kier molecular flexibility index (Phi) is 3.29. The van der Waals surface area contributed by atoms with Crippen LogP contribution in [0, 0.1) is 18.6 Å². The highest BCUT2D eigenvalue weighted by Crippen LogP contribution is 2.24. The van der Waals surface area contributed by atoms with Crippen LogP contribution in [0.2, 0.25) is 0 Å². The molecule has 0 bridgehead atoms. The second-order valence-electron chi connectivity index (χ2n) is 5.01. The van der Waals surface area contributed by atoms with Crippen molar-refractivity contribution >= 4 is 16.7 Å². The average molecular weight is 285 g/mol. The monoisotopic (exact) mass is 285 g/mol. The molecule has 0 unspecified atom stereocenters. The molecule has 0 atom stereocenters. The Labute approximate surface area is 120 Å². The number of rotatable bonds is 3. The molecule has 0 saturated heterocycles. The lowest BCUT2D eigenvalue weighted by Crippen LogP contribution is -2.06. The van der Waals surface area contributed by atoms with Gasteiger partial charge in [-0.2, -0.15) is 0 Å². The third kappa shape index (κ3) is 2.44. The molecule has 0 saturated carbocycles. The van der Waals surface area contributed by atoms with Crippen molar-refractivity contribution < 1.29 is 13.6 Å². The van der Waals surface area contributed by atoms with Crippen molar-refractivity contribution in [3.63, 3.8) is 0 Å². The molecule has 1 N–H and O–H groups in total. The Morgan fingerprint density at radius 1 is 1.14 bits per heavy atom. The fourth-order valence-electron chi connectivity index (χ4n) is 2.56. The van der Waals surface area contributed by atoms with Crippen LogP contribution in [0.3, 0.4) is 0 Å². The number of hydrogen-bond acceptors (Lipinski definition) is 1. The first-order chi connectivity index (χ1) is 10.1. The van der Waals surface area contributed by atoms with Gasteiger partial charge in [-0.15, -0.1) is 0 Å². The Morgan fingerprint density at radius 2 is 1.90 bits per heavy atom. The molecule has 4 heteroatoms. The Morgan fingerprint density at radius 3 is 2.67 bits per heavy atom. The van der Waals surface area contributed by atoms with Gasteiger partial charge < -0.3 is 4.98 Å². The number of halogens is 2. The van der Waals surface area contributed by atoms with Crippen molar-refractivity contribution in [1.29, 1.82) is 0 Å². The van der Waals surface area contributed by atoms with E-state index in [9.17, 15) is 13.6 Å². The zero-order valence-electron chi connectivity index (χ0n) is 11.4. The van der Waals surface area contributed by atoms with E-state index >= 15 is 0 Å². The fraction of sp³-hybridized carbons (Fsp3) is 0.118. The van der Waals surface area contributed by atoms with Crippen molar-refractivity contribution in [3.8, 4) is 0 Å². The lowest BCUT2D eigenvalue weighted by molar-refractivity contribution is 0.0993. The SMILES string of the molecule is Cc1[nH]c2ccccc2c1C(=O)Cc1ccc(F)cc1F. The number of nitrogens with one attached hydrogen (secondary N) is 1. The zero-order chi connectivity index (χ0) is 15.0. The molecular formula is C17H13F2NO. The van der Waals surface area contributed by atoms with E-state index in [0.717, 1.165) is 28.7 Å². The maximum Gasteiger partial charge on any atom is 0.169 e. The minimum absolute atomic E-state index is 0.0885. The molecule has 2 nitrogen and oxygen atoms in total. The average Bonchev–Trinajstić information content (AvgIpc) is 2.77. The first-order valence-corrected chi connectivity index (χ1v) is 6.60. The van der Waals surface area contributed by atoms with Gasteiger partial charge in [0.05, 0.1) is 0 Å². The minimum Gasteiger partial charge on any atom is -0.358 e. The van der Waals surface area contributed by atoms with Crippen LogP contribution < -0.4 is 0 Å². The van der Waals surface area contributed by atoms with Gasteiger partial charge in [-0.05, 0) is 24.6 Å². The zero-order valence-corrected chi connectivity index (χ0v) is 11.4. The molecule has 0 spiro atoms. The third-order valence-electron chi connectivity index (χ3n) is 3.54. The molecule has 106 valence electrons. The van der Waals surface area contributed by atoms with E-state index in [4.69, 9.17) is 0 Å². The summed E-state index contributed by atoms with van der Waals surface area (Å²) >= 11 is 0. The van der Waals surface area contributed by atoms with Gasteiger partial charge in [-0.25, -0.2) is 8.78 Å². The number of aryl methyl sites for hydroxylation is 1. The molecule has 0 aliphatic carbocycles. The Balaban J connectivity index is 1.99. The largest absolute Gasteiger partial charge is 0.358 e. The molecule has 3 aromatic rings. The van der Waals surface area contributed by atoms with Crippen LogP contribution in [-0.4, -0.2) is 10.8 Å². The second kappa shape index (κ2) is 5.13. The number of benzene rings is 2. The number of H-pyrrole nitrogens is 1. The minimum atomic E-state index is -0.694. The van der Waals surface area contributed by atoms with Crippen molar-refractivity contribution in [3.05, 3.63) is 70.9 Å². The number of Topliss-reactive ketones (excluding diaryl/α,β-unsaturated/α-hetero) is 1. The van der Waals surface area contributed by atoms with Crippen LogP contribution in [0.1, 0.15) is 21.6 Å². The Hall–Kier alpha value is -2.49. The highest BCUT2D eigenvalue weighted by Gasteiger charge is 2.17. The molecule has 0 aliphatic heterocycles.